The molecule has 2 fully saturated rings. The average molecular weight is 543 g/mol. The number of nitrogens with zero attached hydrogens (tertiary/aromatic N) is 1. The molecule has 1 aromatic rings. The molecular weight excluding hydrogens is 505 g/mol. The van der Waals surface area contributed by atoms with Gasteiger partial charge in [-0.15, -0.1) is 24.0 Å². The Morgan fingerprint density at radius 1 is 1.23 bits per heavy atom. The molecule has 0 radical (unpaired) electrons. The van der Waals surface area contributed by atoms with Crippen molar-refractivity contribution in [3.05, 3.63) is 29.8 Å². The lowest BCUT2D eigenvalue weighted by Crippen LogP contribution is -2.46. The summed E-state index contributed by atoms with van der Waals surface area (Å²) >= 11 is 0. The molecule has 3 aliphatic rings. The maximum absolute atomic E-state index is 6.49. The highest BCUT2D eigenvalue weighted by atomic mass is 127. The number of rotatable bonds is 8. The van der Waals surface area contributed by atoms with Gasteiger partial charge in [0.2, 0.25) is 0 Å². The van der Waals surface area contributed by atoms with Crippen molar-refractivity contribution in [3.8, 4) is 5.75 Å². The van der Waals surface area contributed by atoms with Crippen LogP contribution < -0.4 is 15.4 Å². The van der Waals surface area contributed by atoms with Crippen LogP contribution in [0.1, 0.15) is 69.9 Å². The predicted molar refractivity (Wildman–Crippen MR) is 135 cm³/mol. The molecule has 0 aromatic heterocycles. The molecule has 1 spiro atoms. The number of hydrogen-bond acceptors (Lipinski definition) is 4. The van der Waals surface area contributed by atoms with E-state index in [-0.39, 0.29) is 35.6 Å². The standard InChI is InChI=1S/C24H37N3O3.HI/c1-2-25-23(26-14-8-15-28-18-19-9-7-16-29-19)27-21-17-24(12-5-6-13-24)30-22-11-4-3-10-20(21)22;/h3-4,10-11,19,21H,2,5-9,12-18H2,1H3,(H2,25,26,27);1H. The normalized spacial score (nSPS) is 24.4. The third-order valence-electron chi connectivity index (χ3n) is 6.41. The largest absolute Gasteiger partial charge is 0.487 e. The zero-order valence-electron chi connectivity index (χ0n) is 18.7. The lowest BCUT2D eigenvalue weighted by Gasteiger charge is -2.40. The smallest absolute Gasteiger partial charge is 0.191 e. The molecule has 7 heteroatoms. The second-order valence-corrected chi connectivity index (χ2v) is 8.76. The van der Waals surface area contributed by atoms with Crippen LogP contribution in [0.3, 0.4) is 0 Å². The van der Waals surface area contributed by atoms with E-state index in [2.05, 4.69) is 41.8 Å². The summed E-state index contributed by atoms with van der Waals surface area (Å²) in [6, 6.07) is 8.68. The van der Waals surface area contributed by atoms with Gasteiger partial charge in [-0.2, -0.15) is 0 Å². The molecule has 2 atom stereocenters. The first-order valence-electron chi connectivity index (χ1n) is 11.8. The minimum absolute atomic E-state index is 0. The fourth-order valence-corrected chi connectivity index (χ4v) is 4.91. The number of para-hydroxylation sites is 1. The van der Waals surface area contributed by atoms with Gasteiger partial charge in [-0.1, -0.05) is 18.2 Å². The van der Waals surface area contributed by atoms with Gasteiger partial charge < -0.3 is 24.8 Å². The molecule has 174 valence electrons. The van der Waals surface area contributed by atoms with E-state index < -0.39 is 0 Å². The summed E-state index contributed by atoms with van der Waals surface area (Å²) in [7, 11) is 0. The molecule has 0 amide bonds. The fraction of sp³-hybridized carbons (Fsp3) is 0.708. The van der Waals surface area contributed by atoms with Crippen LogP contribution in [0.15, 0.2) is 29.3 Å². The number of benzene rings is 1. The maximum atomic E-state index is 6.49. The molecular formula is C24H38IN3O3. The maximum Gasteiger partial charge on any atom is 0.191 e. The molecule has 2 heterocycles. The van der Waals surface area contributed by atoms with Crippen molar-refractivity contribution in [3.63, 3.8) is 0 Å². The number of fused-ring (bicyclic) bond motifs is 1. The van der Waals surface area contributed by atoms with Gasteiger partial charge in [-0.3, -0.25) is 4.99 Å². The number of hydrogen-bond donors (Lipinski definition) is 2. The summed E-state index contributed by atoms with van der Waals surface area (Å²) in [5.41, 5.74) is 1.22. The topological polar surface area (TPSA) is 64.1 Å². The van der Waals surface area contributed by atoms with E-state index in [0.29, 0.717) is 12.7 Å². The van der Waals surface area contributed by atoms with E-state index in [9.17, 15) is 0 Å². The highest BCUT2D eigenvalue weighted by Crippen LogP contribution is 2.46. The minimum Gasteiger partial charge on any atom is -0.487 e. The summed E-state index contributed by atoms with van der Waals surface area (Å²) in [5, 5.41) is 7.11. The second-order valence-electron chi connectivity index (χ2n) is 8.76. The molecule has 6 nitrogen and oxygen atoms in total. The van der Waals surface area contributed by atoms with Crippen molar-refractivity contribution in [2.75, 3.05) is 32.9 Å². The number of ether oxygens (including phenoxy) is 3. The van der Waals surface area contributed by atoms with Gasteiger partial charge in [0.25, 0.3) is 0 Å². The van der Waals surface area contributed by atoms with Gasteiger partial charge in [-0.05, 0) is 57.9 Å². The van der Waals surface area contributed by atoms with Crippen molar-refractivity contribution in [2.45, 2.75) is 76.0 Å². The van der Waals surface area contributed by atoms with Crippen LogP contribution in [-0.2, 0) is 9.47 Å². The van der Waals surface area contributed by atoms with Crippen molar-refractivity contribution in [1.82, 2.24) is 10.6 Å². The van der Waals surface area contributed by atoms with Crippen LogP contribution in [0, 0.1) is 0 Å². The van der Waals surface area contributed by atoms with E-state index in [1.165, 1.54) is 18.4 Å². The molecule has 4 rings (SSSR count). The number of halogens is 1. The molecule has 31 heavy (non-hydrogen) atoms. The Kier molecular flexibility index (Phi) is 9.72. The van der Waals surface area contributed by atoms with E-state index in [1.54, 1.807) is 0 Å². The van der Waals surface area contributed by atoms with Crippen molar-refractivity contribution >= 4 is 29.9 Å². The predicted octanol–water partition coefficient (Wildman–Crippen LogP) is 4.58. The van der Waals surface area contributed by atoms with Gasteiger partial charge in [0, 0.05) is 38.3 Å². The van der Waals surface area contributed by atoms with Gasteiger partial charge in [0.05, 0.1) is 18.8 Å². The Bertz CT molecular complexity index is 703. The van der Waals surface area contributed by atoms with Crippen LogP contribution in [0.2, 0.25) is 0 Å². The zero-order valence-corrected chi connectivity index (χ0v) is 21.1. The van der Waals surface area contributed by atoms with Gasteiger partial charge in [0.15, 0.2) is 5.96 Å². The molecule has 2 N–H and O–H groups in total. The summed E-state index contributed by atoms with van der Waals surface area (Å²) < 4.78 is 17.9. The molecule has 1 saturated heterocycles. The first-order chi connectivity index (χ1) is 14.8. The minimum atomic E-state index is -0.0144. The molecule has 2 unspecified atom stereocenters. The molecule has 0 bridgehead atoms. The first-order valence-corrected chi connectivity index (χ1v) is 11.8. The molecule has 1 aromatic carbocycles. The van der Waals surface area contributed by atoms with Crippen LogP contribution in [0.5, 0.6) is 5.75 Å². The summed E-state index contributed by atoms with van der Waals surface area (Å²) in [4.78, 5) is 4.81. The van der Waals surface area contributed by atoms with Gasteiger partial charge >= 0.3 is 0 Å². The monoisotopic (exact) mass is 543 g/mol. The van der Waals surface area contributed by atoms with Crippen LogP contribution in [0.4, 0.5) is 0 Å². The van der Waals surface area contributed by atoms with Gasteiger partial charge in [-0.25, -0.2) is 0 Å². The Morgan fingerprint density at radius 3 is 2.84 bits per heavy atom. The van der Waals surface area contributed by atoms with Crippen molar-refractivity contribution in [2.24, 2.45) is 4.99 Å². The second kappa shape index (κ2) is 12.3. The Labute approximate surface area is 203 Å². The average Bonchev–Trinajstić information content (AvgIpc) is 3.43. The van der Waals surface area contributed by atoms with E-state index in [1.807, 2.05) is 0 Å². The van der Waals surface area contributed by atoms with E-state index in [0.717, 1.165) is 76.5 Å². The summed E-state index contributed by atoms with van der Waals surface area (Å²) in [6.45, 7) is 6.02. The highest BCUT2D eigenvalue weighted by molar-refractivity contribution is 14.0. The summed E-state index contributed by atoms with van der Waals surface area (Å²) in [5.74, 6) is 1.91. The van der Waals surface area contributed by atoms with E-state index in [4.69, 9.17) is 19.2 Å². The SMILES string of the molecule is CCNC(=NCCCOCC1CCCO1)NC1CC2(CCCC2)Oc2ccccc21.I. The zero-order chi connectivity index (χ0) is 20.7. The van der Waals surface area contributed by atoms with Crippen LogP contribution >= 0.6 is 24.0 Å². The van der Waals surface area contributed by atoms with Gasteiger partial charge in [0.1, 0.15) is 11.4 Å². The Morgan fingerprint density at radius 2 is 2.06 bits per heavy atom. The van der Waals surface area contributed by atoms with Crippen LogP contribution in [0.25, 0.3) is 0 Å². The highest BCUT2D eigenvalue weighted by Gasteiger charge is 2.43. The number of nitrogens with one attached hydrogen (secondary N) is 2. The van der Waals surface area contributed by atoms with Crippen molar-refractivity contribution < 1.29 is 14.2 Å². The Hall–Kier alpha value is -1.06. The number of aliphatic imine (C=N–C) groups is 1. The molecule has 2 aliphatic heterocycles. The molecule has 1 saturated carbocycles. The van der Waals surface area contributed by atoms with E-state index >= 15 is 0 Å². The Balaban J connectivity index is 0.00000272. The quantitative estimate of drug-likeness (QED) is 0.218. The first kappa shape index (κ1) is 24.6. The third-order valence-corrected chi connectivity index (χ3v) is 6.41. The summed E-state index contributed by atoms with van der Waals surface area (Å²) in [6.07, 6.45) is 9.31. The lowest BCUT2D eigenvalue weighted by atomic mass is 9.86. The van der Waals surface area contributed by atoms with Crippen molar-refractivity contribution in [1.29, 1.82) is 0 Å². The molecule has 1 aliphatic carbocycles. The van der Waals surface area contributed by atoms with Crippen LogP contribution in [-0.4, -0.2) is 50.6 Å². The lowest BCUT2D eigenvalue weighted by molar-refractivity contribution is 0.0170. The third kappa shape index (κ3) is 6.71. The fourth-order valence-electron chi connectivity index (χ4n) is 4.91. The number of guanidine groups is 1.